The Morgan fingerprint density at radius 2 is 2.00 bits per heavy atom. The Bertz CT molecular complexity index is 721. The van der Waals surface area contributed by atoms with Crippen LogP contribution in [0.1, 0.15) is 17.2 Å². The van der Waals surface area contributed by atoms with E-state index in [2.05, 4.69) is 9.17 Å². The second kappa shape index (κ2) is 3.48. The predicted octanol–water partition coefficient (Wildman–Crippen LogP) is 1.09. The number of nitrogens with one attached hydrogen (secondary N) is 1. The quantitative estimate of drug-likeness (QED) is 0.428. The molecule has 0 aliphatic carbocycles. The van der Waals surface area contributed by atoms with E-state index in [0.717, 1.165) is 6.08 Å². The van der Waals surface area contributed by atoms with Gasteiger partial charge in [0.2, 0.25) is 11.7 Å². The molecule has 2 atom stereocenters. The molecule has 0 spiro atoms. The van der Waals surface area contributed by atoms with Crippen molar-refractivity contribution in [1.82, 2.24) is 4.98 Å². The zero-order valence-electron chi connectivity index (χ0n) is 9.30. The van der Waals surface area contributed by atoms with Crippen molar-refractivity contribution in [3.05, 3.63) is 23.3 Å². The monoisotopic (exact) mass is 313 g/mol. The number of hydrogen-bond acceptors (Lipinski definition) is 6. The molecule has 7 nitrogen and oxygen atoms in total. The molecule has 110 valence electrons. The fourth-order valence-electron chi connectivity index (χ4n) is 2.20. The zero-order chi connectivity index (χ0) is 14.9. The van der Waals surface area contributed by atoms with Crippen LogP contribution in [0, 0.1) is 0 Å². The Kier molecular flexibility index (Phi) is 2.31. The van der Waals surface area contributed by atoms with Gasteiger partial charge >= 0.3 is 15.6 Å². The highest BCUT2D eigenvalue weighted by Crippen LogP contribution is 2.58. The largest absolute Gasteiger partial charge is 0.523 e. The maximum absolute atomic E-state index is 12.4. The lowest BCUT2D eigenvalue weighted by atomic mass is 9.99. The van der Waals surface area contributed by atoms with Crippen LogP contribution in [-0.2, 0) is 24.8 Å². The molecule has 0 amide bonds. The van der Waals surface area contributed by atoms with E-state index >= 15 is 0 Å². The van der Waals surface area contributed by atoms with Crippen molar-refractivity contribution in [1.29, 1.82) is 0 Å². The van der Waals surface area contributed by atoms with Crippen LogP contribution in [-0.4, -0.2) is 29.1 Å². The van der Waals surface area contributed by atoms with Crippen molar-refractivity contribution >= 4 is 10.1 Å². The van der Waals surface area contributed by atoms with Gasteiger partial charge < -0.3 is 14.9 Å². The summed E-state index contributed by atoms with van der Waals surface area (Å²) in [6.07, 6.45) is 1.13. The van der Waals surface area contributed by atoms with Crippen molar-refractivity contribution in [2.75, 3.05) is 0 Å². The van der Waals surface area contributed by atoms with Gasteiger partial charge in [-0.3, -0.25) is 4.98 Å². The van der Waals surface area contributed by atoms with Gasteiger partial charge in [-0.05, 0) is 12.2 Å². The summed E-state index contributed by atoms with van der Waals surface area (Å²) >= 11 is 0. The number of fused-ring (bicyclic) bond motifs is 5. The van der Waals surface area contributed by atoms with E-state index in [-0.39, 0.29) is 5.56 Å². The molecule has 11 heteroatoms. The van der Waals surface area contributed by atoms with Crippen LogP contribution in [0.3, 0.4) is 0 Å². The molecule has 0 radical (unpaired) electrons. The fraction of sp³-hybridized carbons (Fsp3) is 0.333. The van der Waals surface area contributed by atoms with Crippen LogP contribution >= 0.6 is 0 Å². The summed E-state index contributed by atoms with van der Waals surface area (Å²) < 4.78 is 68.5. The molecule has 2 aliphatic rings. The number of H-pyrrole nitrogens is 1. The SMILES string of the molecule is O=S(=O)(OC12C=CC(O1)c1c(O)[nH]c(O)c12)C(F)(F)F. The van der Waals surface area contributed by atoms with E-state index in [4.69, 9.17) is 4.74 Å². The molecule has 1 aromatic heterocycles. The van der Waals surface area contributed by atoms with Gasteiger partial charge in [-0.1, -0.05) is 0 Å². The third-order valence-corrected chi connectivity index (χ3v) is 3.97. The summed E-state index contributed by atoms with van der Waals surface area (Å²) in [5.74, 6) is -3.71. The number of aromatic hydroxyl groups is 2. The minimum Gasteiger partial charge on any atom is -0.494 e. The average molecular weight is 313 g/mol. The second-order valence-electron chi connectivity index (χ2n) is 4.16. The summed E-state index contributed by atoms with van der Waals surface area (Å²) in [7, 11) is -5.96. The van der Waals surface area contributed by atoms with E-state index in [1.165, 1.54) is 6.08 Å². The fourth-order valence-corrected chi connectivity index (χ4v) is 2.79. The molecule has 0 saturated carbocycles. The van der Waals surface area contributed by atoms with Crippen molar-refractivity contribution in [2.45, 2.75) is 17.4 Å². The summed E-state index contributed by atoms with van der Waals surface area (Å²) in [6, 6.07) is 0. The lowest BCUT2D eigenvalue weighted by Crippen LogP contribution is -2.35. The van der Waals surface area contributed by atoms with Crippen LogP contribution in [0.15, 0.2) is 12.2 Å². The van der Waals surface area contributed by atoms with Crippen molar-refractivity contribution in [3.63, 3.8) is 0 Å². The minimum absolute atomic E-state index is 0.0672. The number of aromatic amines is 1. The molecule has 0 saturated heterocycles. The molecular formula is C9H6F3NO6S. The van der Waals surface area contributed by atoms with Gasteiger partial charge in [0.15, 0.2) is 5.88 Å². The molecule has 3 heterocycles. The minimum atomic E-state index is -5.96. The van der Waals surface area contributed by atoms with Crippen LogP contribution in [0.2, 0.25) is 0 Å². The molecular weight excluding hydrogens is 307 g/mol. The van der Waals surface area contributed by atoms with Gasteiger partial charge in [0.25, 0.3) is 0 Å². The summed E-state index contributed by atoms with van der Waals surface area (Å²) in [4.78, 5) is 2.06. The number of hydrogen-bond donors (Lipinski definition) is 3. The van der Waals surface area contributed by atoms with Crippen LogP contribution in [0.5, 0.6) is 11.8 Å². The first kappa shape index (κ1) is 13.3. The van der Waals surface area contributed by atoms with Gasteiger partial charge in [-0.15, -0.1) is 0 Å². The van der Waals surface area contributed by atoms with E-state index < -0.39 is 44.8 Å². The van der Waals surface area contributed by atoms with Crippen LogP contribution in [0.4, 0.5) is 13.2 Å². The van der Waals surface area contributed by atoms with Gasteiger partial charge in [-0.2, -0.15) is 21.6 Å². The van der Waals surface area contributed by atoms with E-state index in [0.29, 0.717) is 0 Å². The third-order valence-electron chi connectivity index (χ3n) is 2.94. The molecule has 2 aliphatic heterocycles. The summed E-state index contributed by atoms with van der Waals surface area (Å²) in [5.41, 5.74) is -6.11. The van der Waals surface area contributed by atoms with Crippen molar-refractivity contribution < 1.29 is 40.7 Å². The van der Waals surface area contributed by atoms with E-state index in [1.54, 1.807) is 0 Å². The summed E-state index contributed by atoms with van der Waals surface area (Å²) in [6.45, 7) is 0. The summed E-state index contributed by atoms with van der Waals surface area (Å²) in [5, 5.41) is 19.0. The number of ether oxygens (including phenoxy) is 1. The zero-order valence-corrected chi connectivity index (χ0v) is 10.1. The molecule has 3 N–H and O–H groups in total. The molecule has 3 rings (SSSR count). The van der Waals surface area contributed by atoms with Crippen LogP contribution in [0.25, 0.3) is 0 Å². The Morgan fingerprint density at radius 3 is 2.60 bits per heavy atom. The molecule has 0 aromatic carbocycles. The van der Waals surface area contributed by atoms with Gasteiger partial charge in [-0.25, -0.2) is 4.18 Å². The van der Waals surface area contributed by atoms with Gasteiger partial charge in [0.05, 0.1) is 11.1 Å². The molecule has 1 aromatic rings. The van der Waals surface area contributed by atoms with E-state index in [1.807, 2.05) is 0 Å². The van der Waals surface area contributed by atoms with Crippen molar-refractivity contribution in [3.8, 4) is 11.8 Å². The van der Waals surface area contributed by atoms with Crippen molar-refractivity contribution in [2.24, 2.45) is 0 Å². The second-order valence-corrected chi connectivity index (χ2v) is 5.70. The van der Waals surface area contributed by atoms with Gasteiger partial charge in [0, 0.05) is 0 Å². The number of rotatable bonds is 2. The molecule has 2 bridgehead atoms. The van der Waals surface area contributed by atoms with E-state index in [9.17, 15) is 31.8 Å². The Morgan fingerprint density at radius 1 is 1.35 bits per heavy atom. The molecule has 2 unspecified atom stereocenters. The average Bonchev–Trinajstić information content (AvgIpc) is 2.88. The first-order valence-corrected chi connectivity index (χ1v) is 6.51. The number of halogens is 3. The highest BCUT2D eigenvalue weighted by molar-refractivity contribution is 7.87. The first-order chi connectivity index (χ1) is 9.07. The lowest BCUT2D eigenvalue weighted by Gasteiger charge is -2.23. The highest BCUT2D eigenvalue weighted by Gasteiger charge is 2.60. The lowest BCUT2D eigenvalue weighted by molar-refractivity contribution is -0.153. The van der Waals surface area contributed by atoms with Crippen LogP contribution < -0.4 is 0 Å². The predicted molar refractivity (Wildman–Crippen MR) is 54.8 cm³/mol. The Labute approximate surface area is 109 Å². The normalized spacial score (nSPS) is 28.1. The molecule has 20 heavy (non-hydrogen) atoms. The topological polar surface area (TPSA) is 109 Å². The standard InChI is InChI=1S/C9H6F3NO6S/c10-9(11,12)20(16,17)19-8-2-1-3(18-8)4-5(8)7(15)13-6(4)14/h1-3,13-15H. The maximum atomic E-state index is 12.4. The Hall–Kier alpha value is -1.72. The third kappa shape index (κ3) is 1.50. The number of aromatic nitrogens is 1. The number of alkyl halides is 3. The molecule has 0 fully saturated rings. The highest BCUT2D eigenvalue weighted by atomic mass is 32.2. The maximum Gasteiger partial charge on any atom is 0.523 e. The van der Waals surface area contributed by atoms with Gasteiger partial charge in [0.1, 0.15) is 6.10 Å². The smallest absolute Gasteiger partial charge is 0.494 e. The Balaban J connectivity index is 2.11. The first-order valence-electron chi connectivity index (χ1n) is 5.11.